The topological polar surface area (TPSA) is 29.3 Å². The van der Waals surface area contributed by atoms with Gasteiger partial charge in [-0.15, -0.1) is 0 Å². The van der Waals surface area contributed by atoms with Crippen LogP contribution < -0.4 is 5.73 Å². The summed E-state index contributed by atoms with van der Waals surface area (Å²) in [6, 6.07) is 0. The van der Waals surface area contributed by atoms with Crippen LogP contribution in [-0.4, -0.2) is 30.1 Å². The first kappa shape index (κ1) is 14.3. The van der Waals surface area contributed by atoms with Gasteiger partial charge in [-0.2, -0.15) is 0 Å². The van der Waals surface area contributed by atoms with Crippen LogP contribution in [-0.2, 0) is 0 Å². The van der Waals surface area contributed by atoms with E-state index < -0.39 is 0 Å². The molecular weight excluding hydrogens is 220 g/mol. The molecule has 0 aromatic carbocycles. The van der Waals surface area contributed by atoms with Crippen molar-refractivity contribution in [1.29, 1.82) is 0 Å². The highest BCUT2D eigenvalue weighted by atomic mass is 15.2. The van der Waals surface area contributed by atoms with Crippen LogP contribution in [0.5, 0.6) is 0 Å². The molecule has 0 amide bonds. The maximum Gasteiger partial charge on any atom is 0.0337 e. The fraction of sp³-hybridized carbons (Fsp3) is 1.00. The fourth-order valence-corrected chi connectivity index (χ4v) is 4.11. The van der Waals surface area contributed by atoms with E-state index in [9.17, 15) is 0 Å². The lowest BCUT2D eigenvalue weighted by Crippen LogP contribution is -2.53. The van der Waals surface area contributed by atoms with E-state index in [1.54, 1.807) is 0 Å². The van der Waals surface area contributed by atoms with Crippen molar-refractivity contribution in [3.8, 4) is 0 Å². The zero-order valence-electron chi connectivity index (χ0n) is 12.9. The van der Waals surface area contributed by atoms with E-state index in [1.807, 2.05) is 0 Å². The fourth-order valence-electron chi connectivity index (χ4n) is 4.11. The van der Waals surface area contributed by atoms with Gasteiger partial charge in [-0.1, -0.05) is 27.7 Å². The normalized spacial score (nSPS) is 36.5. The molecule has 18 heavy (non-hydrogen) atoms. The maximum absolute atomic E-state index is 6.20. The molecule has 1 heterocycles. The van der Waals surface area contributed by atoms with Crippen LogP contribution in [0.1, 0.15) is 66.2 Å². The lowest BCUT2D eigenvalue weighted by atomic mass is 9.85. The molecule has 1 unspecified atom stereocenters. The zero-order chi connectivity index (χ0) is 13.4. The molecule has 2 rings (SSSR count). The highest BCUT2D eigenvalue weighted by Crippen LogP contribution is 2.47. The molecule has 1 aliphatic heterocycles. The van der Waals surface area contributed by atoms with Gasteiger partial charge >= 0.3 is 0 Å². The number of rotatable bonds is 2. The average molecular weight is 252 g/mol. The second kappa shape index (κ2) is 4.79. The molecule has 106 valence electrons. The van der Waals surface area contributed by atoms with Crippen LogP contribution in [0.25, 0.3) is 0 Å². The molecule has 2 heteroatoms. The van der Waals surface area contributed by atoms with Gasteiger partial charge in [0.15, 0.2) is 0 Å². The Labute approximate surface area is 113 Å². The number of hydrogen-bond acceptors (Lipinski definition) is 2. The summed E-state index contributed by atoms with van der Waals surface area (Å²) < 4.78 is 0. The zero-order valence-corrected chi connectivity index (χ0v) is 12.9. The molecule has 2 N–H and O–H groups in total. The van der Waals surface area contributed by atoms with Crippen molar-refractivity contribution in [3.05, 3.63) is 0 Å². The van der Waals surface area contributed by atoms with Gasteiger partial charge in [0.05, 0.1) is 0 Å². The Balaban J connectivity index is 2.09. The van der Waals surface area contributed by atoms with Crippen molar-refractivity contribution < 1.29 is 0 Å². The van der Waals surface area contributed by atoms with E-state index in [1.165, 1.54) is 51.6 Å². The molecule has 1 saturated heterocycles. The predicted molar refractivity (Wildman–Crippen MR) is 78.6 cm³/mol. The first-order valence-corrected chi connectivity index (χ1v) is 7.74. The Kier molecular flexibility index (Phi) is 3.81. The van der Waals surface area contributed by atoms with E-state index in [4.69, 9.17) is 5.73 Å². The minimum Gasteiger partial charge on any atom is -0.329 e. The predicted octanol–water partition coefficient (Wildman–Crippen LogP) is 3.41. The van der Waals surface area contributed by atoms with Gasteiger partial charge in [0.25, 0.3) is 0 Å². The van der Waals surface area contributed by atoms with E-state index in [2.05, 4.69) is 32.6 Å². The smallest absolute Gasteiger partial charge is 0.0337 e. The second-order valence-corrected chi connectivity index (χ2v) is 8.27. The SMILES string of the molecule is CC1(C)CCCN(C2(CN)CCC(C)(C)C2)CC1. The molecule has 0 aromatic rings. The standard InChI is InChI=1S/C16H32N2/c1-14(2)6-5-10-18(11-9-14)16(13-17)8-7-15(3,4)12-16/h5-13,17H2,1-4H3. The van der Waals surface area contributed by atoms with Crippen LogP contribution in [0.15, 0.2) is 0 Å². The van der Waals surface area contributed by atoms with Gasteiger partial charge in [-0.3, -0.25) is 4.90 Å². The minimum absolute atomic E-state index is 0.309. The van der Waals surface area contributed by atoms with Crippen LogP contribution in [0.4, 0.5) is 0 Å². The van der Waals surface area contributed by atoms with Gasteiger partial charge in [0.2, 0.25) is 0 Å². The summed E-state index contributed by atoms with van der Waals surface area (Å²) in [5, 5.41) is 0. The van der Waals surface area contributed by atoms with Crippen molar-refractivity contribution in [1.82, 2.24) is 4.90 Å². The Hall–Kier alpha value is -0.0800. The van der Waals surface area contributed by atoms with Gasteiger partial charge in [-0.05, 0) is 62.4 Å². The van der Waals surface area contributed by atoms with E-state index in [-0.39, 0.29) is 0 Å². The average Bonchev–Trinajstić information content (AvgIpc) is 2.48. The Morgan fingerprint density at radius 3 is 2.17 bits per heavy atom. The molecule has 1 atom stereocenters. The van der Waals surface area contributed by atoms with Crippen molar-refractivity contribution in [3.63, 3.8) is 0 Å². The summed E-state index contributed by atoms with van der Waals surface area (Å²) >= 11 is 0. The van der Waals surface area contributed by atoms with Crippen molar-refractivity contribution >= 4 is 0 Å². The Bertz CT molecular complexity index is 295. The number of nitrogens with zero attached hydrogens (tertiary/aromatic N) is 1. The summed E-state index contributed by atoms with van der Waals surface area (Å²) in [7, 11) is 0. The van der Waals surface area contributed by atoms with Crippen LogP contribution in [0.2, 0.25) is 0 Å². The van der Waals surface area contributed by atoms with Crippen LogP contribution in [0.3, 0.4) is 0 Å². The molecule has 2 nitrogen and oxygen atoms in total. The lowest BCUT2D eigenvalue weighted by Gasteiger charge is -2.41. The van der Waals surface area contributed by atoms with Gasteiger partial charge in [0, 0.05) is 12.1 Å². The van der Waals surface area contributed by atoms with Gasteiger partial charge < -0.3 is 5.73 Å². The molecule has 1 saturated carbocycles. The minimum atomic E-state index is 0.309. The first-order chi connectivity index (χ1) is 8.29. The molecule has 2 fully saturated rings. The van der Waals surface area contributed by atoms with Gasteiger partial charge in [-0.25, -0.2) is 0 Å². The van der Waals surface area contributed by atoms with Crippen LogP contribution >= 0.6 is 0 Å². The Morgan fingerprint density at radius 2 is 1.61 bits per heavy atom. The quantitative estimate of drug-likeness (QED) is 0.816. The third kappa shape index (κ3) is 2.91. The Morgan fingerprint density at radius 1 is 0.889 bits per heavy atom. The van der Waals surface area contributed by atoms with Crippen LogP contribution in [0, 0.1) is 10.8 Å². The number of likely N-dealkylation sites (tertiary alicyclic amines) is 1. The van der Waals surface area contributed by atoms with Crippen molar-refractivity contribution in [2.45, 2.75) is 71.8 Å². The lowest BCUT2D eigenvalue weighted by molar-refractivity contribution is 0.0892. The molecular formula is C16H32N2. The highest BCUT2D eigenvalue weighted by molar-refractivity contribution is 5.02. The number of hydrogen-bond donors (Lipinski definition) is 1. The third-order valence-corrected chi connectivity index (χ3v) is 5.47. The molecule has 0 spiro atoms. The molecule has 0 radical (unpaired) electrons. The third-order valence-electron chi connectivity index (χ3n) is 5.47. The van der Waals surface area contributed by atoms with Crippen molar-refractivity contribution in [2.75, 3.05) is 19.6 Å². The molecule has 1 aliphatic carbocycles. The highest BCUT2D eigenvalue weighted by Gasteiger charge is 2.46. The van der Waals surface area contributed by atoms with E-state index in [0.29, 0.717) is 16.4 Å². The molecule has 2 aliphatic rings. The molecule has 0 aromatic heterocycles. The summed E-state index contributed by atoms with van der Waals surface area (Å²) in [5.41, 5.74) is 7.52. The monoisotopic (exact) mass is 252 g/mol. The van der Waals surface area contributed by atoms with Crippen molar-refractivity contribution in [2.24, 2.45) is 16.6 Å². The maximum atomic E-state index is 6.20. The summed E-state index contributed by atoms with van der Waals surface area (Å²) in [6.45, 7) is 13.0. The van der Waals surface area contributed by atoms with E-state index >= 15 is 0 Å². The first-order valence-electron chi connectivity index (χ1n) is 7.74. The van der Waals surface area contributed by atoms with Gasteiger partial charge in [0.1, 0.15) is 0 Å². The summed E-state index contributed by atoms with van der Waals surface area (Å²) in [5.74, 6) is 0. The van der Waals surface area contributed by atoms with E-state index in [0.717, 1.165) is 6.54 Å². The second-order valence-electron chi connectivity index (χ2n) is 8.27. The largest absolute Gasteiger partial charge is 0.329 e. The molecule has 0 bridgehead atoms. The number of nitrogens with two attached hydrogens (primary N) is 1. The summed E-state index contributed by atoms with van der Waals surface area (Å²) in [4.78, 5) is 2.75. The summed E-state index contributed by atoms with van der Waals surface area (Å²) in [6.07, 6.45) is 7.97.